The Balaban J connectivity index is 2.34. The zero-order valence-electron chi connectivity index (χ0n) is 11.9. The fraction of sp³-hybridized carbons (Fsp3) is 0.133. The van der Waals surface area contributed by atoms with E-state index >= 15 is 0 Å². The lowest BCUT2D eigenvalue weighted by atomic mass is 10.2. The zero-order valence-corrected chi connectivity index (χ0v) is 15.8. The maximum atomic E-state index is 11.9. The molecule has 1 aliphatic rings. The Hall–Kier alpha value is -1.56. The molecule has 8 heteroatoms. The molecular weight excluding hydrogens is 448 g/mol. The highest BCUT2D eigenvalue weighted by atomic mass is 79.9. The van der Waals surface area contributed by atoms with Gasteiger partial charge in [0.05, 0.1) is 9.38 Å². The molecule has 118 valence electrons. The average molecular weight is 458 g/mol. The van der Waals surface area contributed by atoms with Gasteiger partial charge in [0.1, 0.15) is 12.4 Å². The summed E-state index contributed by atoms with van der Waals surface area (Å²) >= 11 is 7.89. The molecule has 1 N–H and O–H groups in total. The normalized spacial score (nSPS) is 15.3. The predicted molar refractivity (Wildman–Crippen MR) is 98.0 cm³/mol. The molecule has 1 aromatic carbocycles. The zero-order chi connectivity index (χ0) is 17.0. The molecule has 0 aromatic heterocycles. The van der Waals surface area contributed by atoms with Gasteiger partial charge in [0, 0.05) is 17.0 Å². The van der Waals surface area contributed by atoms with Crippen LogP contribution in [-0.4, -0.2) is 23.6 Å². The molecule has 0 radical (unpaired) electrons. The first-order chi connectivity index (χ1) is 10.9. The van der Waals surface area contributed by atoms with E-state index in [1.54, 1.807) is 12.1 Å². The molecule has 1 aliphatic heterocycles. The summed E-state index contributed by atoms with van der Waals surface area (Å²) in [4.78, 5) is 27.2. The second kappa shape index (κ2) is 7.81. The summed E-state index contributed by atoms with van der Waals surface area (Å²) in [5.74, 6) is 2.22. The van der Waals surface area contributed by atoms with Crippen molar-refractivity contribution in [3.05, 3.63) is 31.5 Å². The molecule has 0 aliphatic carbocycles. The van der Waals surface area contributed by atoms with Gasteiger partial charge in [-0.1, -0.05) is 21.9 Å². The van der Waals surface area contributed by atoms with Crippen LogP contribution in [0, 0.1) is 12.3 Å². The molecule has 0 unspecified atom stereocenters. The van der Waals surface area contributed by atoms with Gasteiger partial charge in [0.2, 0.25) is 5.91 Å². The van der Waals surface area contributed by atoms with Gasteiger partial charge < -0.3 is 10.1 Å². The van der Waals surface area contributed by atoms with Crippen LogP contribution in [0.25, 0.3) is 6.08 Å². The van der Waals surface area contributed by atoms with E-state index in [4.69, 9.17) is 11.2 Å². The van der Waals surface area contributed by atoms with E-state index in [-0.39, 0.29) is 17.7 Å². The average Bonchev–Trinajstić information content (AvgIpc) is 2.76. The number of amides is 2. The van der Waals surface area contributed by atoms with E-state index in [0.29, 0.717) is 20.7 Å². The molecule has 0 saturated carbocycles. The number of hydrogen-bond acceptors (Lipinski definition) is 4. The highest BCUT2D eigenvalue weighted by molar-refractivity contribution is 9.11. The van der Waals surface area contributed by atoms with Crippen LogP contribution in [0.4, 0.5) is 0 Å². The standard InChI is InChI=1S/C15H10Br2N2O3S/c1-3-4-22-13-9(5-10(16)7-11(13)17)6-12-14(21)19-15(23-12)18-8(2)20/h1,5-7H,4H2,2H3,(H,18,19,20,21)/b12-6-. The Morgan fingerprint density at radius 2 is 2.26 bits per heavy atom. The Labute approximate surface area is 154 Å². The molecule has 2 rings (SSSR count). The number of thioether (sulfide) groups is 1. The fourth-order valence-electron chi connectivity index (χ4n) is 1.71. The van der Waals surface area contributed by atoms with Crippen molar-refractivity contribution in [2.75, 3.05) is 6.61 Å². The number of rotatable bonds is 3. The minimum Gasteiger partial charge on any atom is -0.479 e. The van der Waals surface area contributed by atoms with Gasteiger partial charge in [-0.2, -0.15) is 4.99 Å². The smallest absolute Gasteiger partial charge is 0.286 e. The SMILES string of the molecule is C#CCOc1c(Br)cc(Br)cc1/C=C1\SC(NC(C)=O)=NC1=O. The molecule has 0 atom stereocenters. The van der Waals surface area contributed by atoms with Gasteiger partial charge in [-0.25, -0.2) is 0 Å². The van der Waals surface area contributed by atoms with E-state index in [0.717, 1.165) is 16.2 Å². The fourth-order valence-corrected chi connectivity index (χ4v) is 3.93. The second-order valence-corrected chi connectivity index (χ2v) is 7.11. The van der Waals surface area contributed by atoms with Crippen molar-refractivity contribution in [1.29, 1.82) is 0 Å². The first-order valence-electron chi connectivity index (χ1n) is 6.26. The van der Waals surface area contributed by atoms with Crippen molar-refractivity contribution in [1.82, 2.24) is 5.32 Å². The highest BCUT2D eigenvalue weighted by Gasteiger charge is 2.23. The summed E-state index contributed by atoms with van der Waals surface area (Å²) in [5.41, 5.74) is 0.664. The molecule has 1 heterocycles. The predicted octanol–water partition coefficient (Wildman–Crippen LogP) is 3.33. The largest absolute Gasteiger partial charge is 0.479 e. The summed E-state index contributed by atoms with van der Waals surface area (Å²) in [7, 11) is 0. The van der Waals surface area contributed by atoms with Crippen molar-refractivity contribution in [3.8, 4) is 18.1 Å². The lowest BCUT2D eigenvalue weighted by Crippen LogP contribution is -2.23. The third-order valence-electron chi connectivity index (χ3n) is 2.53. The lowest BCUT2D eigenvalue weighted by Gasteiger charge is -2.10. The third kappa shape index (κ3) is 4.70. The lowest BCUT2D eigenvalue weighted by molar-refractivity contribution is -0.117. The quantitative estimate of drug-likeness (QED) is 0.558. The van der Waals surface area contributed by atoms with Gasteiger partial charge in [-0.3, -0.25) is 9.59 Å². The number of halogens is 2. The first-order valence-corrected chi connectivity index (χ1v) is 8.66. The van der Waals surface area contributed by atoms with Crippen LogP contribution in [0.3, 0.4) is 0 Å². The van der Waals surface area contributed by atoms with E-state index in [9.17, 15) is 9.59 Å². The minimum absolute atomic E-state index is 0.102. The minimum atomic E-state index is -0.419. The number of nitrogens with one attached hydrogen (secondary N) is 1. The molecule has 0 spiro atoms. The van der Waals surface area contributed by atoms with Crippen LogP contribution in [0.15, 0.2) is 31.0 Å². The first kappa shape index (κ1) is 17.8. The molecular formula is C15H10Br2N2O3S. The van der Waals surface area contributed by atoms with Crippen molar-refractivity contribution < 1.29 is 14.3 Å². The van der Waals surface area contributed by atoms with Crippen molar-refractivity contribution in [3.63, 3.8) is 0 Å². The van der Waals surface area contributed by atoms with Gasteiger partial charge >= 0.3 is 0 Å². The van der Waals surface area contributed by atoms with E-state index in [1.165, 1.54) is 6.92 Å². The van der Waals surface area contributed by atoms with Gasteiger partial charge in [0.25, 0.3) is 5.91 Å². The third-order valence-corrected chi connectivity index (χ3v) is 4.47. The van der Waals surface area contributed by atoms with Crippen molar-refractivity contribution >= 4 is 66.7 Å². The Morgan fingerprint density at radius 1 is 1.52 bits per heavy atom. The van der Waals surface area contributed by atoms with Crippen LogP contribution in [-0.2, 0) is 9.59 Å². The Bertz CT molecular complexity index is 782. The summed E-state index contributed by atoms with van der Waals surface area (Å²) in [6.45, 7) is 1.46. The Morgan fingerprint density at radius 3 is 2.91 bits per heavy atom. The number of nitrogens with zero attached hydrogens (tertiary/aromatic N) is 1. The molecule has 0 saturated heterocycles. The van der Waals surface area contributed by atoms with Crippen molar-refractivity contribution in [2.24, 2.45) is 4.99 Å². The number of ether oxygens (including phenoxy) is 1. The van der Waals surface area contributed by atoms with Crippen LogP contribution < -0.4 is 10.1 Å². The van der Waals surface area contributed by atoms with E-state index in [1.807, 2.05) is 6.07 Å². The van der Waals surface area contributed by atoms with E-state index in [2.05, 4.69) is 48.1 Å². The van der Waals surface area contributed by atoms with Crippen LogP contribution >= 0.6 is 43.6 Å². The number of aliphatic imine (C=N–C) groups is 1. The number of amidine groups is 1. The van der Waals surface area contributed by atoms with Crippen molar-refractivity contribution in [2.45, 2.75) is 6.92 Å². The summed E-state index contributed by atoms with van der Waals surface area (Å²) in [5, 5.41) is 2.75. The maximum Gasteiger partial charge on any atom is 0.286 e. The van der Waals surface area contributed by atoms with Crippen LogP contribution in [0.1, 0.15) is 12.5 Å². The highest BCUT2D eigenvalue weighted by Crippen LogP contribution is 2.36. The molecule has 0 fully saturated rings. The maximum absolute atomic E-state index is 11.9. The van der Waals surface area contributed by atoms with Crippen LogP contribution in [0.5, 0.6) is 5.75 Å². The topological polar surface area (TPSA) is 67.8 Å². The number of carbonyl (C=O) groups is 2. The second-order valence-electron chi connectivity index (χ2n) is 4.31. The molecule has 5 nitrogen and oxygen atoms in total. The Kier molecular flexibility index (Phi) is 6.04. The molecule has 23 heavy (non-hydrogen) atoms. The van der Waals surface area contributed by atoms with E-state index < -0.39 is 5.91 Å². The number of benzene rings is 1. The van der Waals surface area contributed by atoms with Gasteiger partial charge in [-0.05, 0) is 45.9 Å². The number of hydrogen-bond donors (Lipinski definition) is 1. The van der Waals surface area contributed by atoms with Gasteiger partial charge in [-0.15, -0.1) is 6.42 Å². The van der Waals surface area contributed by atoms with Crippen LogP contribution in [0.2, 0.25) is 0 Å². The number of terminal acetylenes is 1. The monoisotopic (exact) mass is 456 g/mol. The number of carbonyl (C=O) groups excluding carboxylic acids is 2. The van der Waals surface area contributed by atoms with Gasteiger partial charge in [0.15, 0.2) is 5.17 Å². The molecule has 2 amide bonds. The summed E-state index contributed by atoms with van der Waals surface area (Å²) in [6, 6.07) is 3.62. The molecule has 0 bridgehead atoms. The molecule has 1 aromatic rings. The summed E-state index contributed by atoms with van der Waals surface area (Å²) < 4.78 is 7.04. The summed E-state index contributed by atoms with van der Waals surface area (Å²) in [6.07, 6.45) is 6.87.